The van der Waals surface area contributed by atoms with Crippen LogP contribution < -0.4 is 11.3 Å². The summed E-state index contributed by atoms with van der Waals surface area (Å²) in [5, 5.41) is 0. The summed E-state index contributed by atoms with van der Waals surface area (Å²) in [5.74, 6) is 6.38. The van der Waals surface area contributed by atoms with Gasteiger partial charge in [0, 0.05) is 6.42 Å². The molecule has 3 heteroatoms. The van der Waals surface area contributed by atoms with Crippen molar-refractivity contribution in [1.29, 1.82) is 0 Å². The van der Waals surface area contributed by atoms with Crippen molar-refractivity contribution in [3.8, 4) is 0 Å². The SMILES string of the molecule is CCCCCCC(=NC1CC1)NN. The fourth-order valence-corrected chi connectivity index (χ4v) is 1.32. The summed E-state index contributed by atoms with van der Waals surface area (Å²) in [4.78, 5) is 4.48. The van der Waals surface area contributed by atoms with Crippen molar-refractivity contribution in [2.24, 2.45) is 10.8 Å². The Kier molecular flexibility index (Phi) is 4.83. The van der Waals surface area contributed by atoms with Crippen LogP contribution in [0.15, 0.2) is 4.99 Å². The maximum atomic E-state index is 5.38. The van der Waals surface area contributed by atoms with Crippen LogP contribution in [0.3, 0.4) is 0 Å². The van der Waals surface area contributed by atoms with Crippen molar-refractivity contribution in [1.82, 2.24) is 5.43 Å². The van der Waals surface area contributed by atoms with Gasteiger partial charge in [-0.15, -0.1) is 0 Å². The van der Waals surface area contributed by atoms with Gasteiger partial charge in [-0.3, -0.25) is 4.99 Å². The molecule has 0 saturated heterocycles. The second-order valence-corrected chi connectivity index (χ2v) is 3.76. The van der Waals surface area contributed by atoms with Gasteiger partial charge in [0.1, 0.15) is 5.84 Å². The average molecular weight is 183 g/mol. The predicted molar refractivity (Wildman–Crippen MR) is 56.5 cm³/mol. The lowest BCUT2D eigenvalue weighted by Gasteiger charge is -2.04. The van der Waals surface area contributed by atoms with E-state index in [0.29, 0.717) is 6.04 Å². The van der Waals surface area contributed by atoms with Gasteiger partial charge in [-0.1, -0.05) is 26.2 Å². The zero-order valence-electron chi connectivity index (χ0n) is 8.55. The lowest BCUT2D eigenvalue weighted by molar-refractivity contribution is 0.675. The summed E-state index contributed by atoms with van der Waals surface area (Å²) in [6.45, 7) is 2.22. The van der Waals surface area contributed by atoms with Crippen LogP contribution in [0.25, 0.3) is 0 Å². The number of amidine groups is 1. The predicted octanol–water partition coefficient (Wildman–Crippen LogP) is 1.98. The summed E-state index contributed by atoms with van der Waals surface area (Å²) in [7, 11) is 0. The zero-order chi connectivity index (χ0) is 9.52. The zero-order valence-corrected chi connectivity index (χ0v) is 8.55. The topological polar surface area (TPSA) is 50.4 Å². The van der Waals surface area contributed by atoms with Crippen molar-refractivity contribution < 1.29 is 0 Å². The van der Waals surface area contributed by atoms with Gasteiger partial charge in [0.2, 0.25) is 0 Å². The van der Waals surface area contributed by atoms with Crippen LogP contribution in [0.1, 0.15) is 51.9 Å². The maximum absolute atomic E-state index is 5.38. The number of rotatable bonds is 6. The summed E-state index contributed by atoms with van der Waals surface area (Å²) in [6, 6.07) is 0.581. The van der Waals surface area contributed by atoms with Gasteiger partial charge in [-0.05, 0) is 19.3 Å². The molecule has 3 nitrogen and oxygen atoms in total. The molecule has 0 aromatic carbocycles. The van der Waals surface area contributed by atoms with Crippen molar-refractivity contribution in [3.05, 3.63) is 0 Å². The largest absolute Gasteiger partial charge is 0.312 e. The lowest BCUT2D eigenvalue weighted by Crippen LogP contribution is -2.30. The van der Waals surface area contributed by atoms with Crippen LogP contribution in [0.4, 0.5) is 0 Å². The Bertz CT molecular complexity index is 162. The monoisotopic (exact) mass is 183 g/mol. The number of aliphatic imine (C=N–C) groups is 1. The van der Waals surface area contributed by atoms with Gasteiger partial charge >= 0.3 is 0 Å². The Balaban J connectivity index is 2.08. The van der Waals surface area contributed by atoms with Gasteiger partial charge in [0.25, 0.3) is 0 Å². The van der Waals surface area contributed by atoms with E-state index in [0.717, 1.165) is 12.3 Å². The van der Waals surface area contributed by atoms with E-state index in [1.807, 2.05) is 0 Å². The first-order valence-electron chi connectivity index (χ1n) is 5.40. The molecule has 0 heterocycles. The van der Waals surface area contributed by atoms with Crippen LogP contribution in [-0.2, 0) is 0 Å². The van der Waals surface area contributed by atoms with Crippen LogP contribution in [-0.4, -0.2) is 11.9 Å². The Morgan fingerprint density at radius 1 is 1.38 bits per heavy atom. The van der Waals surface area contributed by atoms with E-state index in [9.17, 15) is 0 Å². The summed E-state index contributed by atoms with van der Waals surface area (Å²) in [5.41, 5.74) is 2.70. The lowest BCUT2D eigenvalue weighted by atomic mass is 10.1. The summed E-state index contributed by atoms with van der Waals surface area (Å²) < 4.78 is 0. The molecule has 1 aliphatic rings. The molecule has 0 radical (unpaired) electrons. The highest BCUT2D eigenvalue weighted by Gasteiger charge is 2.20. The van der Waals surface area contributed by atoms with E-state index in [1.165, 1.54) is 38.5 Å². The van der Waals surface area contributed by atoms with Crippen molar-refractivity contribution in [2.75, 3.05) is 0 Å². The normalized spacial score (nSPS) is 17.5. The minimum atomic E-state index is 0.581. The first-order chi connectivity index (χ1) is 6.36. The molecule has 1 aliphatic carbocycles. The Labute approximate surface area is 80.8 Å². The van der Waals surface area contributed by atoms with E-state index in [4.69, 9.17) is 5.84 Å². The first kappa shape index (κ1) is 10.5. The molecule has 0 aliphatic heterocycles. The van der Waals surface area contributed by atoms with E-state index >= 15 is 0 Å². The van der Waals surface area contributed by atoms with Crippen molar-refractivity contribution in [2.45, 2.75) is 57.9 Å². The van der Waals surface area contributed by atoms with Crippen molar-refractivity contribution >= 4 is 5.84 Å². The fraction of sp³-hybridized carbons (Fsp3) is 0.900. The molecule has 0 unspecified atom stereocenters. The molecule has 0 spiro atoms. The third kappa shape index (κ3) is 4.88. The van der Waals surface area contributed by atoms with Crippen LogP contribution in [0, 0.1) is 0 Å². The molecular formula is C10H21N3. The van der Waals surface area contributed by atoms with Crippen molar-refractivity contribution in [3.63, 3.8) is 0 Å². The molecule has 0 atom stereocenters. The molecule has 0 aromatic rings. The first-order valence-corrected chi connectivity index (χ1v) is 5.40. The van der Waals surface area contributed by atoms with E-state index in [1.54, 1.807) is 0 Å². The van der Waals surface area contributed by atoms with E-state index in [-0.39, 0.29) is 0 Å². The number of hydrogen-bond donors (Lipinski definition) is 2. The quantitative estimate of drug-likeness (QED) is 0.217. The number of nitrogens with one attached hydrogen (secondary N) is 1. The Morgan fingerprint density at radius 2 is 2.15 bits per heavy atom. The molecule has 76 valence electrons. The maximum Gasteiger partial charge on any atom is 0.111 e. The van der Waals surface area contributed by atoms with E-state index < -0.39 is 0 Å². The highest BCUT2D eigenvalue weighted by atomic mass is 15.3. The third-order valence-electron chi connectivity index (χ3n) is 2.32. The molecule has 0 amide bonds. The molecule has 0 bridgehead atoms. The molecule has 13 heavy (non-hydrogen) atoms. The molecule has 1 fully saturated rings. The van der Waals surface area contributed by atoms with Gasteiger partial charge in [0.05, 0.1) is 6.04 Å². The molecule has 1 saturated carbocycles. The number of hydrazine groups is 1. The van der Waals surface area contributed by atoms with E-state index in [2.05, 4.69) is 17.3 Å². The number of nitrogens with two attached hydrogens (primary N) is 1. The van der Waals surface area contributed by atoms with Crippen LogP contribution in [0.5, 0.6) is 0 Å². The van der Waals surface area contributed by atoms with Gasteiger partial charge in [-0.25, -0.2) is 5.84 Å². The second kappa shape index (κ2) is 5.97. The van der Waals surface area contributed by atoms with Gasteiger partial charge in [0.15, 0.2) is 0 Å². The second-order valence-electron chi connectivity index (χ2n) is 3.76. The highest BCUT2D eigenvalue weighted by molar-refractivity contribution is 5.81. The number of hydrogen-bond acceptors (Lipinski definition) is 2. The summed E-state index contributed by atoms with van der Waals surface area (Å²) in [6.07, 6.45) is 8.63. The smallest absolute Gasteiger partial charge is 0.111 e. The highest BCUT2D eigenvalue weighted by Crippen LogP contribution is 2.23. The van der Waals surface area contributed by atoms with Crippen LogP contribution >= 0.6 is 0 Å². The molecule has 0 aromatic heterocycles. The molecule has 1 rings (SSSR count). The number of unbranched alkanes of at least 4 members (excludes halogenated alkanes) is 3. The van der Waals surface area contributed by atoms with Crippen LogP contribution in [0.2, 0.25) is 0 Å². The number of nitrogens with zero attached hydrogens (tertiary/aromatic N) is 1. The van der Waals surface area contributed by atoms with Gasteiger partial charge < -0.3 is 5.43 Å². The Hall–Kier alpha value is -0.570. The molecular weight excluding hydrogens is 162 g/mol. The molecule has 3 N–H and O–H groups in total. The minimum absolute atomic E-state index is 0.581. The Morgan fingerprint density at radius 3 is 2.69 bits per heavy atom. The third-order valence-corrected chi connectivity index (χ3v) is 2.32. The minimum Gasteiger partial charge on any atom is -0.312 e. The average Bonchev–Trinajstić information content (AvgIpc) is 2.94. The van der Waals surface area contributed by atoms with Gasteiger partial charge in [-0.2, -0.15) is 0 Å². The standard InChI is InChI=1S/C10H21N3/c1-2-3-4-5-6-10(13-11)12-9-7-8-9/h9H,2-8,11H2,1H3,(H,12,13). The summed E-state index contributed by atoms with van der Waals surface area (Å²) >= 11 is 0. The fourth-order valence-electron chi connectivity index (χ4n) is 1.32.